The number of nitrogens with two attached hydrogens (primary N) is 2. The van der Waals surface area contributed by atoms with Gasteiger partial charge in [-0.1, -0.05) is 113 Å². The molecule has 18 aromatic rings. The highest BCUT2D eigenvalue weighted by Gasteiger charge is 2.46. The fraction of sp³-hybridized carbons (Fsp3) is 0.0941. The van der Waals surface area contributed by atoms with Gasteiger partial charge in [0.2, 0.25) is 16.5 Å². The number of aromatic nitrogens is 16. The smallest absolute Gasteiger partial charge is 0.302 e. The highest BCUT2D eigenvalue weighted by Crippen LogP contribution is 2.48. The van der Waals surface area contributed by atoms with E-state index in [9.17, 15) is 74.6 Å². The lowest BCUT2D eigenvalue weighted by molar-refractivity contribution is -0.122. The molecule has 730 valence electrons. The highest BCUT2D eigenvalue weighted by molar-refractivity contribution is 14.1. The first kappa shape index (κ1) is 109. The highest BCUT2D eigenvalue weighted by atomic mass is 127. The number of nitrogens with one attached hydrogen (secondary N) is 2. The fourth-order valence-corrected chi connectivity index (χ4v) is 16.6. The van der Waals surface area contributed by atoms with Gasteiger partial charge >= 0.3 is 25.2 Å². The SMILES string of the molecule is C.Fc1cc2c(Cl)nc(Cl)nc2cc1Cl.Fc1cc2c(N(c3cccc(-c4cnc(C5CC5)cn4)c3)C(F)(F)F)nc3nncn3c2cc1Cl.Fc1cc2c(N(c3cccc(I)c3)C(F)(F)F)nc(Cl)nc2cc1Cl.Fc1cc2c(N(c3cccc(I)c3)C(F)(F)F)nc3nncn3c2cc1Cl.NNO.NNc1nc(N(c2cccc(I)c2)C(F)(F)F)c2cc(F)c(Cl)cc2n1.S=C=Nc1cccc(I)c1. The zero-order valence-corrected chi connectivity index (χ0v) is 84.0. The second-order valence-corrected chi connectivity index (χ2v) is 36.3. The van der Waals surface area contributed by atoms with Crippen molar-refractivity contribution in [1.82, 2.24) is 84.6 Å². The lowest BCUT2D eigenvalue weighted by Crippen LogP contribution is -2.35. The summed E-state index contributed by atoms with van der Waals surface area (Å²) >= 11 is 58.2. The molecule has 141 heavy (non-hydrogen) atoms. The summed E-state index contributed by atoms with van der Waals surface area (Å²) < 4.78 is 243. The number of nitrogen functional groups attached to an aromatic ring is 1. The average molecular weight is 2580 g/mol. The normalized spacial score (nSPS) is 11.9. The number of nitrogens with zero attached hydrogens (tertiary/aromatic N) is 21. The van der Waals surface area contributed by atoms with Crippen molar-refractivity contribution in [2.45, 2.75) is 51.4 Å². The third kappa shape index (κ3) is 26.6. The van der Waals surface area contributed by atoms with Gasteiger partial charge in [0, 0.05) is 58.9 Å². The number of thiocarbonyl (C=S) groups is 1. The van der Waals surface area contributed by atoms with Gasteiger partial charge in [0.15, 0.2) is 23.3 Å². The molecule has 10 aromatic carbocycles. The summed E-state index contributed by atoms with van der Waals surface area (Å²) in [4.78, 5) is 43.7. The number of hydrogen-bond acceptors (Lipinski definition) is 25. The number of halogens is 29. The van der Waals surface area contributed by atoms with Crippen molar-refractivity contribution in [3.63, 3.8) is 0 Å². The molecule has 0 aliphatic heterocycles. The number of hydrazine groups is 2. The quantitative estimate of drug-likeness (QED) is 0.00873. The van der Waals surface area contributed by atoms with Gasteiger partial charge in [-0.15, -0.1) is 78.7 Å². The monoisotopic (exact) mass is 2580 g/mol. The van der Waals surface area contributed by atoms with Gasteiger partial charge < -0.3 is 5.21 Å². The van der Waals surface area contributed by atoms with Crippen LogP contribution < -0.4 is 42.3 Å². The predicted molar refractivity (Wildman–Crippen MR) is 542 cm³/mol. The summed E-state index contributed by atoms with van der Waals surface area (Å²) in [7, 11) is 0. The van der Waals surface area contributed by atoms with Gasteiger partial charge in [-0.2, -0.15) is 24.9 Å². The maximum atomic E-state index is 14.5. The Morgan fingerprint density at radius 2 is 0.773 bits per heavy atom. The maximum Gasteiger partial charge on any atom is 0.490 e. The Balaban J connectivity index is 0.000000155. The van der Waals surface area contributed by atoms with Gasteiger partial charge in [0.1, 0.15) is 46.9 Å². The number of aliphatic imine (C=N–C) groups is 1. The molecule has 8 heterocycles. The maximum absolute atomic E-state index is 14.5. The van der Waals surface area contributed by atoms with E-state index in [0.717, 1.165) is 64.2 Å². The zero-order valence-electron chi connectivity index (χ0n) is 68.5. The average Bonchev–Trinajstić information content (AvgIpc) is 1.71. The molecule has 1 saturated carbocycles. The molecule has 0 saturated heterocycles. The van der Waals surface area contributed by atoms with Crippen LogP contribution in [0.3, 0.4) is 0 Å². The van der Waals surface area contributed by atoms with E-state index >= 15 is 0 Å². The third-order valence-electron chi connectivity index (χ3n) is 18.9. The first-order chi connectivity index (χ1) is 66.2. The van der Waals surface area contributed by atoms with Crippen molar-refractivity contribution in [2.75, 3.05) is 25.0 Å². The van der Waals surface area contributed by atoms with Gasteiger partial charge in [-0.25, -0.2) is 73.2 Å². The van der Waals surface area contributed by atoms with E-state index in [1.807, 2.05) is 92.0 Å². The Morgan fingerprint density at radius 3 is 1.16 bits per heavy atom. The Labute approximate surface area is 881 Å². The Kier molecular flexibility index (Phi) is 36.1. The van der Waals surface area contributed by atoms with E-state index in [1.165, 1.54) is 124 Å². The molecule has 1 aliphatic carbocycles. The molecular weight excluding hydrogens is 2530 g/mol. The van der Waals surface area contributed by atoms with Crippen LogP contribution in [-0.2, 0) is 0 Å². The van der Waals surface area contributed by atoms with Crippen LogP contribution in [-0.4, -0.2) is 115 Å². The molecule has 0 bridgehead atoms. The van der Waals surface area contributed by atoms with Crippen LogP contribution in [0.15, 0.2) is 212 Å². The van der Waals surface area contributed by atoms with Crippen LogP contribution in [0, 0.1) is 43.4 Å². The van der Waals surface area contributed by atoms with Crippen LogP contribution in [0.5, 0.6) is 0 Å². The van der Waals surface area contributed by atoms with Gasteiger partial charge in [0.25, 0.3) is 11.6 Å². The van der Waals surface area contributed by atoms with Crippen LogP contribution in [0.25, 0.3) is 77.3 Å². The zero-order chi connectivity index (χ0) is 101. The molecule has 0 spiro atoms. The van der Waals surface area contributed by atoms with Crippen molar-refractivity contribution in [3.05, 3.63) is 297 Å². The Bertz CT molecular complexity index is 7750. The Morgan fingerprint density at radius 1 is 0.418 bits per heavy atom. The molecule has 26 nitrogen and oxygen atoms in total. The largest absolute Gasteiger partial charge is 0.490 e. The summed E-state index contributed by atoms with van der Waals surface area (Å²) in [6.07, 6.45) is -11.5. The topological polar surface area (TPSA) is 311 Å². The van der Waals surface area contributed by atoms with E-state index in [4.69, 9.17) is 104 Å². The molecule has 19 rings (SSSR count). The van der Waals surface area contributed by atoms with E-state index in [0.29, 0.717) is 38.8 Å². The van der Waals surface area contributed by atoms with Crippen LogP contribution in [0.1, 0.15) is 31.9 Å². The van der Waals surface area contributed by atoms with E-state index < -0.39 is 82.8 Å². The van der Waals surface area contributed by atoms with Crippen LogP contribution >= 0.6 is 195 Å². The van der Waals surface area contributed by atoms with Gasteiger partial charge in [0.05, 0.1) is 104 Å². The molecule has 1 fully saturated rings. The summed E-state index contributed by atoms with van der Waals surface area (Å²) in [6, 6.07) is 41.5. The van der Waals surface area contributed by atoms with Crippen LogP contribution in [0.2, 0.25) is 40.8 Å². The number of benzene rings is 10. The predicted octanol–water partition coefficient (Wildman–Crippen LogP) is 28.9. The molecule has 0 unspecified atom stereocenters. The number of fused-ring (bicyclic) bond motifs is 9. The fourth-order valence-electron chi connectivity index (χ4n) is 13.0. The second kappa shape index (κ2) is 46.5. The number of alkyl halides is 12. The van der Waals surface area contributed by atoms with Gasteiger partial charge in [-0.3, -0.25) is 24.2 Å². The summed E-state index contributed by atoms with van der Waals surface area (Å²) in [5, 5.41) is 22.8. The summed E-state index contributed by atoms with van der Waals surface area (Å²) in [6.45, 7) is 0. The Hall–Kier alpha value is -10.4. The number of rotatable bonds is 12. The molecule has 0 atom stereocenters. The van der Waals surface area contributed by atoms with Gasteiger partial charge in [-0.05, 0) is 284 Å². The molecule has 7 N–H and O–H groups in total. The molecule has 56 heteroatoms. The lowest BCUT2D eigenvalue weighted by Gasteiger charge is -2.27. The van der Waals surface area contributed by atoms with E-state index in [1.54, 1.807) is 36.7 Å². The summed E-state index contributed by atoms with van der Waals surface area (Å²) in [5.74, 6) is 3.09. The van der Waals surface area contributed by atoms with Crippen molar-refractivity contribution in [3.8, 4) is 11.3 Å². The standard InChI is InChI=1S/C23H14ClF4N7.C16H7ClF4IN5.C15H6Cl2F4IN3.C15H9ClF4IN5.C8H2Cl3FN2.C7H4INS.CH4.H4N2O/c24-16-8-20-15(7-17(16)25)21(32-22-33-31-11-34(20)22)35(23(26,27)28)14-3-1-2-13(6-14)19-10-29-18(9-30-19)12-4-5-12;17-11-6-13-10(5-12(11)18)14(24-15-25-23-7-26(13)15)27(16(19,20)21)9-3-1-2-8(22)4-9;16-10-6-12-9(5-11(10)18)13(24-14(17)23-12)25(15(19,20)21)8-3-1-2-7(22)4-8;16-10-6-12-9(5-11(10)17)13(24-14(23-12)25-22)26(15(18,19)20)8-3-1-2-7(21)4-8;9-4-2-6-3(1-5(4)12)7(10)14-8(11)13-6;8-6-2-1-3-7(4-6)9-5-10;;1-2-3/h1-3,6-12H,4-5H2;1-7H;1-6H;1-6H,22H2,(H,23,24,25);1-2H;1-4H;1H4;2-3H,1H2. The van der Waals surface area contributed by atoms with Crippen molar-refractivity contribution >= 4 is 324 Å². The lowest BCUT2D eigenvalue weighted by atomic mass is 10.1. The third-order valence-corrected chi connectivity index (χ3v) is 23.7. The minimum Gasteiger partial charge on any atom is -0.302 e. The molecule has 1 aliphatic rings. The molecular formula is C85H50Cl8F17I4N25OS. The minimum atomic E-state index is -4.91. The first-order valence-electron chi connectivity index (χ1n) is 38.2. The van der Waals surface area contributed by atoms with E-state index in [-0.39, 0.29) is 146 Å². The molecule has 0 amide bonds. The summed E-state index contributed by atoms with van der Waals surface area (Å²) in [5.41, 5.74) is 5.98. The number of anilines is 9. The first-order valence-corrected chi connectivity index (χ1v) is 46.0. The number of isothiocyanates is 1. The minimum absolute atomic E-state index is 0. The molecule has 8 aromatic heterocycles. The van der Waals surface area contributed by atoms with Crippen molar-refractivity contribution < 1.29 is 79.8 Å². The second-order valence-electron chi connectivity index (χ2n) is 28.0. The van der Waals surface area contributed by atoms with E-state index in [2.05, 4.69) is 126 Å². The van der Waals surface area contributed by atoms with Crippen molar-refractivity contribution in [2.24, 2.45) is 16.7 Å². The van der Waals surface area contributed by atoms with Crippen molar-refractivity contribution in [1.29, 1.82) is 0 Å². The van der Waals surface area contributed by atoms with Crippen LogP contribution in [0.4, 0.5) is 132 Å². The molecule has 0 radical (unpaired) electrons. The number of hydrogen-bond donors (Lipinski definition) is 5.